The maximum absolute atomic E-state index is 15.6. The van der Waals surface area contributed by atoms with Gasteiger partial charge in [-0.2, -0.15) is 17.6 Å². The third-order valence-corrected chi connectivity index (χ3v) is 6.91. The summed E-state index contributed by atoms with van der Waals surface area (Å²) in [5.41, 5.74) is 3.90. The maximum Gasteiger partial charge on any atom is 0.416 e. The number of hydrogen-bond donors (Lipinski definition) is 3. The van der Waals surface area contributed by atoms with Crippen molar-refractivity contribution in [1.29, 1.82) is 0 Å². The summed E-state index contributed by atoms with van der Waals surface area (Å²) in [5.74, 6) is -1.45. The van der Waals surface area contributed by atoms with Gasteiger partial charge in [0.25, 0.3) is 0 Å². The first-order chi connectivity index (χ1) is 17.5. The number of primary amides is 1. The van der Waals surface area contributed by atoms with E-state index in [0.717, 1.165) is 12.1 Å². The van der Waals surface area contributed by atoms with E-state index in [0.29, 0.717) is 25.1 Å². The molecule has 0 aliphatic carbocycles. The molecule has 0 spiro atoms. The average molecular weight is 527 g/mol. The smallest absolute Gasteiger partial charge is 0.388 e. The fourth-order valence-electron chi connectivity index (χ4n) is 4.92. The third-order valence-electron chi connectivity index (χ3n) is 6.91. The summed E-state index contributed by atoms with van der Waals surface area (Å²) in [6.45, 7) is 3.51. The zero-order valence-electron chi connectivity index (χ0n) is 20.3. The highest BCUT2D eigenvalue weighted by atomic mass is 19.4. The van der Waals surface area contributed by atoms with E-state index in [1.165, 1.54) is 18.5 Å². The highest BCUT2D eigenvalue weighted by Gasteiger charge is 2.38. The quantitative estimate of drug-likeness (QED) is 0.470. The summed E-state index contributed by atoms with van der Waals surface area (Å²) in [7, 11) is 0. The lowest BCUT2D eigenvalue weighted by molar-refractivity contribution is -0.137. The molecule has 37 heavy (non-hydrogen) atoms. The van der Waals surface area contributed by atoms with Crippen molar-refractivity contribution in [2.24, 2.45) is 11.7 Å². The molecular formula is C24H30F4N6O3. The Morgan fingerprint density at radius 1 is 1.27 bits per heavy atom. The second kappa shape index (κ2) is 10.8. The number of carbonyl (C=O) groups is 1. The lowest BCUT2D eigenvalue weighted by Crippen LogP contribution is -2.55. The average Bonchev–Trinajstić information content (AvgIpc) is 2.83. The van der Waals surface area contributed by atoms with Gasteiger partial charge in [-0.1, -0.05) is 12.1 Å². The first kappa shape index (κ1) is 27.0. The zero-order valence-corrected chi connectivity index (χ0v) is 20.3. The molecule has 2 aromatic rings. The van der Waals surface area contributed by atoms with E-state index in [4.69, 9.17) is 10.5 Å². The van der Waals surface area contributed by atoms with Gasteiger partial charge in [0.05, 0.1) is 37.0 Å². The number of nitrogens with zero attached hydrogens (tertiary/aromatic N) is 4. The van der Waals surface area contributed by atoms with E-state index in [-0.39, 0.29) is 50.3 Å². The number of halogens is 4. The van der Waals surface area contributed by atoms with E-state index >= 15 is 4.39 Å². The second-order valence-corrected chi connectivity index (χ2v) is 9.66. The van der Waals surface area contributed by atoms with Gasteiger partial charge in [0.1, 0.15) is 6.33 Å². The number of hydrogen-bond acceptors (Lipinski definition) is 8. The van der Waals surface area contributed by atoms with Crippen LogP contribution in [0.15, 0.2) is 30.6 Å². The van der Waals surface area contributed by atoms with Crippen molar-refractivity contribution >= 4 is 17.5 Å². The highest BCUT2D eigenvalue weighted by molar-refractivity contribution is 5.75. The first-order valence-corrected chi connectivity index (χ1v) is 11.9. The predicted octanol–water partition coefficient (Wildman–Crippen LogP) is 2.18. The molecule has 0 unspecified atom stereocenters. The molecule has 3 heterocycles. The van der Waals surface area contributed by atoms with Crippen molar-refractivity contribution in [3.8, 4) is 0 Å². The minimum Gasteiger partial charge on any atom is -0.388 e. The molecule has 1 aromatic carbocycles. The number of anilines is 2. The molecule has 0 saturated carbocycles. The molecule has 3 atom stereocenters. The topological polar surface area (TPSA) is 117 Å². The van der Waals surface area contributed by atoms with E-state index in [9.17, 15) is 23.1 Å². The van der Waals surface area contributed by atoms with Crippen molar-refractivity contribution in [2.75, 3.05) is 56.2 Å². The Labute approximate surface area is 211 Å². The number of aromatic nitrogens is 2. The fourth-order valence-corrected chi connectivity index (χ4v) is 4.92. The van der Waals surface area contributed by atoms with Gasteiger partial charge in [-0.05, 0) is 37.6 Å². The van der Waals surface area contributed by atoms with Crippen LogP contribution in [-0.2, 0) is 15.7 Å². The lowest BCUT2D eigenvalue weighted by Gasteiger charge is -2.42. The molecule has 9 nitrogen and oxygen atoms in total. The standard InChI is InChI=1S/C24H30F4N6O3/c1-23(36)13-33(11-19(29)35)7-6-17(23)10-30-21-20(25)22(32-14-31-21)34-8-9-37-12-18(34)15-2-4-16(5-3-15)24(26,27)28/h2-5,14,17-18,36H,6-13H2,1H3,(H2,29,35)(H,30,31,32)/t17-,18+,23-/m0/s1. The Kier molecular flexibility index (Phi) is 7.85. The van der Waals surface area contributed by atoms with Crippen molar-refractivity contribution in [3.05, 3.63) is 47.5 Å². The summed E-state index contributed by atoms with van der Waals surface area (Å²) >= 11 is 0. The van der Waals surface area contributed by atoms with Gasteiger partial charge in [-0.25, -0.2) is 9.97 Å². The summed E-state index contributed by atoms with van der Waals surface area (Å²) in [6.07, 6.45) is -2.68. The number of alkyl halides is 3. The number of ether oxygens (including phenoxy) is 1. The SMILES string of the molecule is C[C@]1(O)CN(CC(N)=O)CC[C@H]1CNc1ncnc(N2CCOC[C@@H]2c2ccc(C(F)(F)F)cc2)c1F. The van der Waals surface area contributed by atoms with Gasteiger partial charge in [0, 0.05) is 25.6 Å². The Morgan fingerprint density at radius 2 is 2.00 bits per heavy atom. The number of nitrogens with two attached hydrogens (primary N) is 1. The Bertz CT molecular complexity index is 1100. The number of benzene rings is 1. The van der Waals surface area contributed by atoms with Gasteiger partial charge in [0.15, 0.2) is 11.6 Å². The first-order valence-electron chi connectivity index (χ1n) is 11.9. The zero-order chi connectivity index (χ0) is 26.8. The van der Waals surface area contributed by atoms with Crippen LogP contribution in [0.1, 0.15) is 30.5 Å². The Balaban J connectivity index is 1.48. The highest BCUT2D eigenvalue weighted by Crippen LogP contribution is 2.35. The number of likely N-dealkylation sites (tertiary alicyclic amines) is 1. The second-order valence-electron chi connectivity index (χ2n) is 9.66. The number of piperidine rings is 1. The summed E-state index contributed by atoms with van der Waals surface area (Å²) < 4.78 is 60.0. The maximum atomic E-state index is 15.6. The molecule has 13 heteroatoms. The van der Waals surface area contributed by atoms with Crippen LogP contribution in [0, 0.1) is 11.7 Å². The van der Waals surface area contributed by atoms with Crippen LogP contribution in [0.5, 0.6) is 0 Å². The number of aliphatic hydroxyl groups is 1. The summed E-state index contributed by atoms with van der Waals surface area (Å²) in [4.78, 5) is 22.8. The van der Waals surface area contributed by atoms with Crippen LogP contribution in [0.25, 0.3) is 0 Å². The largest absolute Gasteiger partial charge is 0.416 e. The Morgan fingerprint density at radius 3 is 2.65 bits per heavy atom. The van der Waals surface area contributed by atoms with E-state index in [1.807, 2.05) is 0 Å². The van der Waals surface area contributed by atoms with Crippen molar-refractivity contribution in [1.82, 2.24) is 14.9 Å². The molecule has 2 saturated heterocycles. The normalized spacial score (nSPS) is 25.2. The van der Waals surface area contributed by atoms with Gasteiger partial charge in [-0.3, -0.25) is 9.69 Å². The van der Waals surface area contributed by atoms with Gasteiger partial charge in [0.2, 0.25) is 11.7 Å². The number of morpholine rings is 1. The molecule has 4 rings (SSSR count). The number of β-amino-alcohol motifs (C(OH)–C–C–N with tert-alkyl or cyclic N) is 1. The molecule has 0 bridgehead atoms. The number of amides is 1. The molecule has 202 valence electrons. The van der Waals surface area contributed by atoms with Crippen LogP contribution in [0.2, 0.25) is 0 Å². The van der Waals surface area contributed by atoms with Crippen molar-refractivity contribution in [2.45, 2.75) is 31.2 Å². The van der Waals surface area contributed by atoms with Crippen molar-refractivity contribution in [3.63, 3.8) is 0 Å². The third kappa shape index (κ3) is 6.28. The molecule has 2 fully saturated rings. The van der Waals surface area contributed by atoms with Crippen LogP contribution >= 0.6 is 0 Å². The van der Waals surface area contributed by atoms with E-state index in [2.05, 4.69) is 15.3 Å². The summed E-state index contributed by atoms with van der Waals surface area (Å²) in [6, 6.07) is 4.17. The minimum absolute atomic E-state index is 0.00809. The van der Waals surface area contributed by atoms with Crippen LogP contribution < -0.4 is 16.0 Å². The van der Waals surface area contributed by atoms with Crippen molar-refractivity contribution < 1.29 is 32.2 Å². The fraction of sp³-hybridized carbons (Fsp3) is 0.542. The number of nitrogens with one attached hydrogen (secondary N) is 1. The molecule has 2 aliphatic rings. The molecule has 0 radical (unpaired) electrons. The van der Waals surface area contributed by atoms with E-state index < -0.39 is 35.1 Å². The Hall–Kier alpha value is -3.03. The molecule has 1 aromatic heterocycles. The van der Waals surface area contributed by atoms with E-state index in [1.54, 1.807) is 16.7 Å². The molecule has 2 aliphatic heterocycles. The predicted molar refractivity (Wildman–Crippen MR) is 127 cm³/mol. The number of rotatable bonds is 7. The lowest BCUT2D eigenvalue weighted by atomic mass is 9.82. The van der Waals surface area contributed by atoms with Gasteiger partial charge < -0.3 is 25.8 Å². The minimum atomic E-state index is -4.45. The van der Waals surface area contributed by atoms with Crippen LogP contribution in [0.4, 0.5) is 29.2 Å². The molecule has 4 N–H and O–H groups in total. The summed E-state index contributed by atoms with van der Waals surface area (Å²) in [5, 5.41) is 13.9. The molecular weight excluding hydrogens is 496 g/mol. The van der Waals surface area contributed by atoms with Gasteiger partial charge >= 0.3 is 6.18 Å². The number of carbonyl (C=O) groups excluding carboxylic acids is 1. The molecule has 1 amide bonds. The van der Waals surface area contributed by atoms with Gasteiger partial charge in [-0.15, -0.1) is 0 Å². The van der Waals surface area contributed by atoms with Crippen LogP contribution in [-0.4, -0.2) is 77.4 Å². The van der Waals surface area contributed by atoms with Crippen LogP contribution in [0.3, 0.4) is 0 Å². The monoisotopic (exact) mass is 526 g/mol.